The molecule has 1 saturated heterocycles. The van der Waals surface area contributed by atoms with Crippen LogP contribution >= 0.6 is 0 Å². The van der Waals surface area contributed by atoms with Crippen LogP contribution in [-0.2, 0) is 18.1 Å². The van der Waals surface area contributed by atoms with E-state index in [1.807, 2.05) is 10.7 Å². The van der Waals surface area contributed by atoms with Crippen LogP contribution in [-0.4, -0.2) is 27.9 Å². The Hall–Kier alpha value is -1.80. The Bertz CT molecular complexity index is 757. The molecule has 0 radical (unpaired) electrons. The lowest BCUT2D eigenvalue weighted by molar-refractivity contribution is -0.137. The van der Waals surface area contributed by atoms with Gasteiger partial charge in [0.1, 0.15) is 5.82 Å². The van der Waals surface area contributed by atoms with Crippen molar-refractivity contribution < 1.29 is 27.0 Å². The summed E-state index contributed by atoms with van der Waals surface area (Å²) in [5, 5.41) is 7.68. The fraction of sp³-hybridized carbons (Fsp3) is 0.429. The van der Waals surface area contributed by atoms with Gasteiger partial charge in [-0.3, -0.25) is 4.68 Å². The maximum Gasteiger partial charge on any atom is 1.00 e. The van der Waals surface area contributed by atoms with Crippen molar-refractivity contribution in [3.05, 3.63) is 29.6 Å². The first-order chi connectivity index (χ1) is 10.4. The second-order valence-corrected chi connectivity index (χ2v) is 5.93. The van der Waals surface area contributed by atoms with Gasteiger partial charge in [-0.15, -0.1) is 0 Å². The van der Waals surface area contributed by atoms with Crippen LogP contribution in [0, 0.1) is 0 Å². The number of pyridine rings is 1. The van der Waals surface area contributed by atoms with Gasteiger partial charge in [0, 0.05) is 42.5 Å². The fourth-order valence-electron chi connectivity index (χ4n) is 3.23. The Morgan fingerprint density at radius 1 is 1.30 bits per heavy atom. The molecule has 3 N–H and O–H groups in total. The van der Waals surface area contributed by atoms with Crippen LogP contribution in [0.1, 0.15) is 19.1 Å². The number of aromatic nitrogens is 3. The van der Waals surface area contributed by atoms with E-state index in [1.54, 1.807) is 0 Å². The van der Waals surface area contributed by atoms with E-state index in [4.69, 9.17) is 5.73 Å². The van der Waals surface area contributed by atoms with Gasteiger partial charge in [-0.25, -0.2) is 4.98 Å². The highest BCUT2D eigenvalue weighted by Crippen LogP contribution is 2.40. The molecule has 2 aromatic heterocycles. The SMILES string of the molecule is Nc1ncc(-c2cc3n(n2)CCC32CNC2)cc1C(F)(F)F.[Cl-].[H+]. The van der Waals surface area contributed by atoms with Crippen molar-refractivity contribution in [2.24, 2.45) is 0 Å². The van der Waals surface area contributed by atoms with E-state index in [1.165, 1.54) is 6.20 Å². The third-order valence-electron chi connectivity index (χ3n) is 4.57. The van der Waals surface area contributed by atoms with Gasteiger partial charge in [0.15, 0.2) is 0 Å². The van der Waals surface area contributed by atoms with Crippen LogP contribution in [0.4, 0.5) is 19.0 Å². The molecule has 0 aromatic carbocycles. The second kappa shape index (κ2) is 5.10. The van der Waals surface area contributed by atoms with Gasteiger partial charge in [0.25, 0.3) is 0 Å². The first kappa shape index (κ1) is 16.1. The monoisotopic (exact) mass is 345 g/mol. The number of fused-ring (bicyclic) bond motifs is 2. The second-order valence-electron chi connectivity index (χ2n) is 5.93. The summed E-state index contributed by atoms with van der Waals surface area (Å²) in [5.74, 6) is -0.511. The zero-order valence-corrected chi connectivity index (χ0v) is 12.7. The number of aryl methyl sites for hydroxylation is 1. The van der Waals surface area contributed by atoms with E-state index in [2.05, 4.69) is 15.4 Å². The standard InChI is InChI=1S/C14H14F3N5.ClH/c15-14(16,17)9-3-8(5-20-12(9)18)10-4-11-13(6-19-7-13)1-2-22(11)21-10;/h3-5,19H,1-2,6-7H2,(H2,18,20);1H. The van der Waals surface area contributed by atoms with E-state index in [9.17, 15) is 13.2 Å². The fourth-order valence-corrected chi connectivity index (χ4v) is 3.23. The number of nitrogens with one attached hydrogen (secondary N) is 1. The Labute approximate surface area is 138 Å². The molecule has 5 nitrogen and oxygen atoms in total. The third kappa shape index (κ3) is 2.36. The summed E-state index contributed by atoms with van der Waals surface area (Å²) in [6, 6.07) is 2.90. The van der Waals surface area contributed by atoms with Gasteiger partial charge in [-0.1, -0.05) is 0 Å². The molecule has 0 atom stereocenters. The molecule has 0 saturated carbocycles. The number of nitrogens with zero attached hydrogens (tertiary/aromatic N) is 3. The molecule has 0 unspecified atom stereocenters. The minimum absolute atomic E-state index is 0. The molecule has 2 aliphatic rings. The minimum atomic E-state index is -4.52. The maximum absolute atomic E-state index is 12.9. The van der Waals surface area contributed by atoms with E-state index in [0.29, 0.717) is 11.3 Å². The Kier molecular flexibility index (Phi) is 3.57. The third-order valence-corrected chi connectivity index (χ3v) is 4.57. The topological polar surface area (TPSA) is 68.8 Å². The van der Waals surface area contributed by atoms with Crippen molar-refractivity contribution in [3.8, 4) is 11.3 Å². The predicted molar refractivity (Wildman–Crippen MR) is 75.1 cm³/mol. The minimum Gasteiger partial charge on any atom is -1.00 e. The van der Waals surface area contributed by atoms with Crippen LogP contribution in [0.2, 0.25) is 0 Å². The van der Waals surface area contributed by atoms with Crippen LogP contribution in [0.15, 0.2) is 18.3 Å². The summed E-state index contributed by atoms with van der Waals surface area (Å²) < 4.78 is 40.7. The molecular formula is C14H15ClF3N5. The van der Waals surface area contributed by atoms with Crippen LogP contribution in [0.5, 0.6) is 0 Å². The molecule has 0 amide bonds. The first-order valence-corrected chi connectivity index (χ1v) is 7.01. The Morgan fingerprint density at radius 2 is 2.04 bits per heavy atom. The van der Waals surface area contributed by atoms with Crippen molar-refractivity contribution in [2.45, 2.75) is 24.6 Å². The molecular weight excluding hydrogens is 331 g/mol. The molecule has 4 heterocycles. The molecule has 124 valence electrons. The summed E-state index contributed by atoms with van der Waals surface area (Å²) in [6.07, 6.45) is -2.15. The zero-order chi connectivity index (χ0) is 15.5. The highest BCUT2D eigenvalue weighted by atomic mass is 35.5. The number of hydrogen-bond donors (Lipinski definition) is 2. The molecule has 4 rings (SSSR count). The van der Waals surface area contributed by atoms with Crippen LogP contribution in [0.3, 0.4) is 0 Å². The number of nitrogen functional groups attached to an aromatic ring is 1. The zero-order valence-electron chi connectivity index (χ0n) is 13.0. The average molecular weight is 346 g/mol. The lowest BCUT2D eigenvalue weighted by Crippen LogP contribution is -3.00. The summed E-state index contributed by atoms with van der Waals surface area (Å²) in [5.41, 5.74) is 6.45. The average Bonchev–Trinajstić information content (AvgIpc) is 2.94. The van der Waals surface area contributed by atoms with Crippen molar-refractivity contribution in [2.75, 3.05) is 18.8 Å². The molecule has 0 aliphatic carbocycles. The van der Waals surface area contributed by atoms with Crippen molar-refractivity contribution in [1.29, 1.82) is 0 Å². The van der Waals surface area contributed by atoms with Crippen molar-refractivity contribution in [1.82, 2.24) is 20.1 Å². The summed E-state index contributed by atoms with van der Waals surface area (Å²) in [7, 11) is 0. The lowest BCUT2D eigenvalue weighted by atomic mass is 9.77. The van der Waals surface area contributed by atoms with Gasteiger partial charge in [-0.2, -0.15) is 18.3 Å². The maximum atomic E-state index is 12.9. The van der Waals surface area contributed by atoms with E-state index >= 15 is 0 Å². The largest absolute Gasteiger partial charge is 1.00 e. The van der Waals surface area contributed by atoms with Gasteiger partial charge >= 0.3 is 7.60 Å². The highest BCUT2D eigenvalue weighted by Gasteiger charge is 2.45. The van der Waals surface area contributed by atoms with Crippen molar-refractivity contribution >= 4 is 5.82 Å². The quantitative estimate of drug-likeness (QED) is 0.689. The Morgan fingerprint density at radius 3 is 2.65 bits per heavy atom. The molecule has 1 fully saturated rings. The number of nitrogens with two attached hydrogens (primary N) is 1. The number of halogens is 4. The molecule has 9 heteroatoms. The highest BCUT2D eigenvalue weighted by molar-refractivity contribution is 5.63. The molecule has 2 aromatic rings. The van der Waals surface area contributed by atoms with Gasteiger partial charge in [-0.05, 0) is 18.6 Å². The Balaban J connectivity index is 0.00000104. The summed E-state index contributed by atoms with van der Waals surface area (Å²) in [4.78, 5) is 3.67. The van der Waals surface area contributed by atoms with Crippen LogP contribution < -0.4 is 23.5 Å². The van der Waals surface area contributed by atoms with E-state index in [-0.39, 0.29) is 19.2 Å². The molecule has 2 aliphatic heterocycles. The lowest BCUT2D eigenvalue weighted by Gasteiger charge is -2.38. The summed E-state index contributed by atoms with van der Waals surface area (Å²) in [6.45, 7) is 2.59. The first-order valence-electron chi connectivity index (χ1n) is 7.01. The number of anilines is 1. The predicted octanol–water partition coefficient (Wildman–Crippen LogP) is -1.09. The number of rotatable bonds is 1. The van der Waals surface area contributed by atoms with Gasteiger partial charge in [0.05, 0.1) is 11.3 Å². The molecule has 1 spiro atoms. The number of hydrogen-bond acceptors (Lipinski definition) is 4. The smallest absolute Gasteiger partial charge is 1.00 e. The molecule has 23 heavy (non-hydrogen) atoms. The van der Waals surface area contributed by atoms with Crippen LogP contribution in [0.25, 0.3) is 11.3 Å². The number of alkyl halides is 3. The normalized spacial score (nSPS) is 18.4. The van der Waals surface area contributed by atoms with E-state index in [0.717, 1.165) is 37.8 Å². The van der Waals surface area contributed by atoms with Gasteiger partial charge in [0.2, 0.25) is 0 Å². The summed E-state index contributed by atoms with van der Waals surface area (Å²) >= 11 is 0. The van der Waals surface area contributed by atoms with Gasteiger partial charge < -0.3 is 23.5 Å². The molecule has 0 bridgehead atoms. The van der Waals surface area contributed by atoms with E-state index < -0.39 is 17.6 Å². The van der Waals surface area contributed by atoms with Crippen molar-refractivity contribution in [3.63, 3.8) is 0 Å².